The van der Waals surface area contributed by atoms with Crippen molar-refractivity contribution in [2.24, 2.45) is 0 Å². The Morgan fingerprint density at radius 3 is 3.00 bits per heavy atom. The lowest BCUT2D eigenvalue weighted by Gasteiger charge is -2.25. The molecular formula is C16H18N2O2. The molecular weight excluding hydrogens is 252 g/mol. The number of benzene rings is 1. The summed E-state index contributed by atoms with van der Waals surface area (Å²) < 4.78 is 5.21. The van der Waals surface area contributed by atoms with Crippen LogP contribution in [0, 0.1) is 0 Å². The molecule has 3 rings (SSSR count). The van der Waals surface area contributed by atoms with Crippen molar-refractivity contribution in [2.45, 2.75) is 25.4 Å². The van der Waals surface area contributed by atoms with Gasteiger partial charge in [-0.05, 0) is 36.1 Å². The van der Waals surface area contributed by atoms with E-state index in [2.05, 4.69) is 23.5 Å². The van der Waals surface area contributed by atoms with Gasteiger partial charge in [-0.2, -0.15) is 0 Å². The number of aryl methyl sites for hydroxylation is 1. The molecule has 0 bridgehead atoms. The predicted molar refractivity (Wildman–Crippen MR) is 76.2 cm³/mol. The molecule has 1 aromatic carbocycles. The van der Waals surface area contributed by atoms with Crippen LogP contribution >= 0.6 is 0 Å². The first-order valence-electron chi connectivity index (χ1n) is 6.86. The molecule has 0 aliphatic heterocycles. The Morgan fingerprint density at radius 2 is 2.20 bits per heavy atom. The third-order valence-electron chi connectivity index (χ3n) is 3.88. The Morgan fingerprint density at radius 1 is 1.35 bits per heavy atom. The Bertz CT molecular complexity index is 592. The summed E-state index contributed by atoms with van der Waals surface area (Å²) in [7, 11) is 1.85. The first-order valence-corrected chi connectivity index (χ1v) is 6.86. The van der Waals surface area contributed by atoms with Crippen LogP contribution in [0.5, 0.6) is 0 Å². The molecule has 1 N–H and O–H groups in total. The quantitative estimate of drug-likeness (QED) is 0.931. The SMILES string of the molecule is CN(C(=O)NCc1ccco1)C1CCc2ccccc21. The minimum atomic E-state index is -0.0666. The number of nitrogens with one attached hydrogen (secondary N) is 1. The average Bonchev–Trinajstić information content (AvgIpc) is 3.13. The summed E-state index contributed by atoms with van der Waals surface area (Å²) >= 11 is 0. The molecule has 0 spiro atoms. The zero-order valence-corrected chi connectivity index (χ0v) is 11.5. The number of urea groups is 1. The third-order valence-corrected chi connectivity index (χ3v) is 3.88. The summed E-state index contributed by atoms with van der Waals surface area (Å²) in [6.45, 7) is 0.421. The Kier molecular flexibility index (Phi) is 3.46. The van der Waals surface area contributed by atoms with Crippen LogP contribution in [-0.2, 0) is 13.0 Å². The summed E-state index contributed by atoms with van der Waals surface area (Å²) in [4.78, 5) is 14.0. The van der Waals surface area contributed by atoms with Crippen molar-refractivity contribution in [1.29, 1.82) is 0 Å². The lowest BCUT2D eigenvalue weighted by atomic mass is 10.1. The highest BCUT2D eigenvalue weighted by atomic mass is 16.3. The summed E-state index contributed by atoms with van der Waals surface area (Å²) in [6.07, 6.45) is 3.64. The van der Waals surface area contributed by atoms with Crippen molar-refractivity contribution < 1.29 is 9.21 Å². The highest BCUT2D eigenvalue weighted by Crippen LogP contribution is 2.34. The molecule has 2 aromatic rings. The summed E-state index contributed by atoms with van der Waals surface area (Å²) in [5, 5.41) is 2.89. The maximum atomic E-state index is 12.2. The summed E-state index contributed by atoms with van der Waals surface area (Å²) in [5.41, 5.74) is 2.62. The van der Waals surface area contributed by atoms with Gasteiger partial charge in [0.05, 0.1) is 18.8 Å². The van der Waals surface area contributed by atoms with E-state index < -0.39 is 0 Å². The van der Waals surface area contributed by atoms with Gasteiger partial charge in [0.1, 0.15) is 5.76 Å². The van der Waals surface area contributed by atoms with Gasteiger partial charge < -0.3 is 14.6 Å². The molecule has 20 heavy (non-hydrogen) atoms. The van der Waals surface area contributed by atoms with Gasteiger partial charge in [0.25, 0.3) is 0 Å². The number of hydrogen-bond acceptors (Lipinski definition) is 2. The molecule has 1 aliphatic rings. The van der Waals surface area contributed by atoms with Crippen molar-refractivity contribution in [2.75, 3.05) is 7.05 Å². The second kappa shape index (κ2) is 5.41. The molecule has 0 saturated carbocycles. The van der Waals surface area contributed by atoms with Crippen molar-refractivity contribution in [3.8, 4) is 0 Å². The number of rotatable bonds is 3. The van der Waals surface area contributed by atoms with E-state index in [-0.39, 0.29) is 12.1 Å². The van der Waals surface area contributed by atoms with Gasteiger partial charge in [-0.25, -0.2) is 4.79 Å². The summed E-state index contributed by atoms with van der Waals surface area (Å²) in [5.74, 6) is 0.763. The number of hydrogen-bond donors (Lipinski definition) is 1. The van der Waals surface area contributed by atoms with E-state index in [0.717, 1.165) is 18.6 Å². The van der Waals surface area contributed by atoms with Gasteiger partial charge in [-0.15, -0.1) is 0 Å². The van der Waals surface area contributed by atoms with Gasteiger partial charge in [0.2, 0.25) is 0 Å². The standard InChI is InChI=1S/C16H18N2O2/c1-18(16(19)17-11-13-6-4-10-20-13)15-9-8-12-5-2-3-7-14(12)15/h2-7,10,15H,8-9,11H2,1H3,(H,17,19). The third kappa shape index (κ3) is 2.41. The smallest absolute Gasteiger partial charge is 0.318 e. The molecule has 1 aromatic heterocycles. The average molecular weight is 270 g/mol. The lowest BCUT2D eigenvalue weighted by Crippen LogP contribution is -2.38. The molecule has 0 fully saturated rings. The van der Waals surface area contributed by atoms with Gasteiger partial charge >= 0.3 is 6.03 Å². The molecule has 0 saturated heterocycles. The van der Waals surface area contributed by atoms with Gasteiger partial charge in [-0.3, -0.25) is 0 Å². The number of carbonyl (C=O) groups excluding carboxylic acids is 1. The predicted octanol–water partition coefficient (Wildman–Crippen LogP) is 3.11. The number of fused-ring (bicyclic) bond motifs is 1. The van der Waals surface area contributed by atoms with Gasteiger partial charge in [-0.1, -0.05) is 24.3 Å². The lowest BCUT2D eigenvalue weighted by molar-refractivity contribution is 0.189. The van der Waals surface area contributed by atoms with E-state index in [0.29, 0.717) is 6.54 Å². The number of carbonyl (C=O) groups is 1. The molecule has 104 valence electrons. The largest absolute Gasteiger partial charge is 0.467 e. The van der Waals surface area contributed by atoms with Crippen LogP contribution in [-0.4, -0.2) is 18.0 Å². The highest BCUT2D eigenvalue weighted by Gasteiger charge is 2.28. The second-order valence-corrected chi connectivity index (χ2v) is 5.10. The topological polar surface area (TPSA) is 45.5 Å². The zero-order chi connectivity index (χ0) is 13.9. The Balaban J connectivity index is 1.64. The first-order chi connectivity index (χ1) is 9.75. The maximum Gasteiger partial charge on any atom is 0.318 e. The van der Waals surface area contributed by atoms with Crippen molar-refractivity contribution in [1.82, 2.24) is 10.2 Å². The Labute approximate surface area is 118 Å². The van der Waals surface area contributed by atoms with Crippen LogP contribution < -0.4 is 5.32 Å². The normalized spacial score (nSPS) is 16.8. The molecule has 4 nitrogen and oxygen atoms in total. The van der Waals surface area contributed by atoms with Crippen LogP contribution in [0.25, 0.3) is 0 Å². The molecule has 1 atom stereocenters. The van der Waals surface area contributed by atoms with Crippen molar-refractivity contribution in [3.05, 3.63) is 59.5 Å². The summed E-state index contributed by atoms with van der Waals surface area (Å²) in [6, 6.07) is 12.1. The fourth-order valence-electron chi connectivity index (χ4n) is 2.78. The zero-order valence-electron chi connectivity index (χ0n) is 11.5. The Hall–Kier alpha value is -2.23. The molecule has 1 heterocycles. The first kappa shape index (κ1) is 12.8. The second-order valence-electron chi connectivity index (χ2n) is 5.10. The minimum Gasteiger partial charge on any atom is -0.467 e. The molecule has 4 heteroatoms. The van der Waals surface area contributed by atoms with E-state index in [1.165, 1.54) is 11.1 Å². The van der Waals surface area contributed by atoms with Crippen LogP contribution in [0.3, 0.4) is 0 Å². The van der Waals surface area contributed by atoms with Crippen molar-refractivity contribution >= 4 is 6.03 Å². The van der Waals surface area contributed by atoms with Crippen molar-refractivity contribution in [3.63, 3.8) is 0 Å². The van der Waals surface area contributed by atoms with Crippen LogP contribution in [0.4, 0.5) is 4.79 Å². The van der Waals surface area contributed by atoms with E-state index in [4.69, 9.17) is 4.42 Å². The molecule has 1 unspecified atom stereocenters. The van der Waals surface area contributed by atoms with E-state index in [1.807, 2.05) is 25.2 Å². The number of nitrogens with zero attached hydrogens (tertiary/aromatic N) is 1. The van der Waals surface area contributed by atoms with Gasteiger partial charge in [0, 0.05) is 7.05 Å². The molecule has 2 amide bonds. The molecule has 1 aliphatic carbocycles. The van der Waals surface area contributed by atoms with Crippen LogP contribution in [0.2, 0.25) is 0 Å². The van der Waals surface area contributed by atoms with Gasteiger partial charge in [0.15, 0.2) is 0 Å². The maximum absolute atomic E-state index is 12.2. The molecule has 0 radical (unpaired) electrons. The fourth-order valence-corrected chi connectivity index (χ4v) is 2.78. The van der Waals surface area contributed by atoms with Crippen LogP contribution in [0.15, 0.2) is 47.1 Å². The monoisotopic (exact) mass is 270 g/mol. The van der Waals surface area contributed by atoms with E-state index in [9.17, 15) is 4.79 Å². The van der Waals surface area contributed by atoms with E-state index in [1.54, 1.807) is 11.2 Å². The highest BCUT2D eigenvalue weighted by molar-refractivity contribution is 5.74. The minimum absolute atomic E-state index is 0.0666. The van der Waals surface area contributed by atoms with Crippen LogP contribution in [0.1, 0.15) is 29.3 Å². The number of amides is 2. The van der Waals surface area contributed by atoms with E-state index >= 15 is 0 Å². The fraction of sp³-hybridized carbons (Fsp3) is 0.312. The number of furan rings is 1.